The quantitative estimate of drug-likeness (QED) is 0.900. The number of halogens is 1. The van der Waals surface area contributed by atoms with Gasteiger partial charge in [-0.3, -0.25) is 4.79 Å². The van der Waals surface area contributed by atoms with Gasteiger partial charge < -0.3 is 15.4 Å². The number of ether oxygens (including phenoxy) is 1. The third-order valence-corrected chi connectivity index (χ3v) is 4.67. The number of thiazole rings is 1. The van der Waals surface area contributed by atoms with Gasteiger partial charge in [-0.05, 0) is 31.2 Å². The molecule has 0 unspecified atom stereocenters. The molecule has 5 nitrogen and oxygen atoms in total. The Labute approximate surface area is 137 Å². The second-order valence-corrected chi connectivity index (χ2v) is 6.33. The minimum Gasteiger partial charge on any atom is -0.495 e. The molecule has 2 N–H and O–H groups in total. The number of anilines is 1. The first-order chi connectivity index (χ1) is 10.7. The molecule has 7 heteroatoms. The molecule has 1 fully saturated rings. The normalized spacial score (nSPS) is 17.5. The standard InChI is InChI=1S/C15H16ClN3O2S/c1-21-13-3-2-9(6-11(13)16)12-8-22-15(18-12)19-14(20)10-4-5-17-7-10/h2-3,6,8,10,17H,4-5,7H2,1H3,(H,18,19,20)/t10-/m1/s1. The number of aromatic nitrogens is 1. The highest BCUT2D eigenvalue weighted by Crippen LogP contribution is 2.31. The molecule has 1 aromatic carbocycles. The molecular weight excluding hydrogens is 322 g/mol. The van der Waals surface area contributed by atoms with Crippen molar-refractivity contribution in [3.63, 3.8) is 0 Å². The zero-order valence-corrected chi connectivity index (χ0v) is 13.6. The lowest BCUT2D eigenvalue weighted by molar-refractivity contribution is -0.119. The lowest BCUT2D eigenvalue weighted by Crippen LogP contribution is -2.24. The predicted molar refractivity (Wildman–Crippen MR) is 88.7 cm³/mol. The van der Waals surface area contributed by atoms with Crippen molar-refractivity contribution in [1.82, 2.24) is 10.3 Å². The molecule has 3 rings (SSSR count). The summed E-state index contributed by atoms with van der Waals surface area (Å²) in [6, 6.07) is 5.51. The fraction of sp³-hybridized carbons (Fsp3) is 0.333. The molecule has 22 heavy (non-hydrogen) atoms. The highest BCUT2D eigenvalue weighted by molar-refractivity contribution is 7.14. The number of hydrogen-bond donors (Lipinski definition) is 2. The van der Waals surface area contributed by atoms with Gasteiger partial charge in [-0.2, -0.15) is 0 Å². The van der Waals surface area contributed by atoms with Crippen molar-refractivity contribution < 1.29 is 9.53 Å². The van der Waals surface area contributed by atoms with Gasteiger partial charge in [0.2, 0.25) is 5.91 Å². The van der Waals surface area contributed by atoms with Crippen LogP contribution in [0.5, 0.6) is 5.75 Å². The average molecular weight is 338 g/mol. The summed E-state index contributed by atoms with van der Waals surface area (Å²) in [5.41, 5.74) is 1.68. The summed E-state index contributed by atoms with van der Waals surface area (Å²) < 4.78 is 5.14. The summed E-state index contributed by atoms with van der Waals surface area (Å²) in [5.74, 6) is 0.685. The summed E-state index contributed by atoms with van der Waals surface area (Å²) in [7, 11) is 1.58. The van der Waals surface area contributed by atoms with E-state index in [4.69, 9.17) is 16.3 Å². The topological polar surface area (TPSA) is 63.2 Å². The van der Waals surface area contributed by atoms with Crippen LogP contribution >= 0.6 is 22.9 Å². The Morgan fingerprint density at radius 1 is 1.55 bits per heavy atom. The maximum Gasteiger partial charge on any atom is 0.230 e. The van der Waals surface area contributed by atoms with E-state index in [1.165, 1.54) is 11.3 Å². The van der Waals surface area contributed by atoms with Crippen molar-refractivity contribution in [3.8, 4) is 17.0 Å². The largest absolute Gasteiger partial charge is 0.495 e. The zero-order valence-electron chi connectivity index (χ0n) is 12.1. The van der Waals surface area contributed by atoms with E-state index in [0.717, 1.165) is 30.8 Å². The van der Waals surface area contributed by atoms with Crippen molar-refractivity contribution in [3.05, 3.63) is 28.6 Å². The fourth-order valence-corrected chi connectivity index (χ4v) is 3.36. The summed E-state index contributed by atoms with van der Waals surface area (Å²) in [5, 5.41) is 9.12. The van der Waals surface area contributed by atoms with Gasteiger partial charge in [0.1, 0.15) is 5.75 Å². The Bertz CT molecular complexity index is 683. The van der Waals surface area contributed by atoms with E-state index < -0.39 is 0 Å². The Balaban J connectivity index is 1.73. The molecule has 1 aliphatic heterocycles. The number of carbonyl (C=O) groups excluding carboxylic acids is 1. The van der Waals surface area contributed by atoms with Crippen molar-refractivity contribution in [2.24, 2.45) is 5.92 Å². The van der Waals surface area contributed by atoms with Crippen molar-refractivity contribution in [2.75, 3.05) is 25.5 Å². The maximum atomic E-state index is 12.1. The van der Waals surface area contributed by atoms with Crippen LogP contribution in [0.25, 0.3) is 11.3 Å². The van der Waals surface area contributed by atoms with E-state index in [9.17, 15) is 4.79 Å². The van der Waals surface area contributed by atoms with E-state index in [1.54, 1.807) is 13.2 Å². The molecule has 0 radical (unpaired) electrons. The number of methoxy groups -OCH3 is 1. The lowest BCUT2D eigenvalue weighted by Gasteiger charge is -2.07. The van der Waals surface area contributed by atoms with Crippen LogP contribution in [0.1, 0.15) is 6.42 Å². The van der Waals surface area contributed by atoms with Crippen LogP contribution in [0.15, 0.2) is 23.6 Å². The van der Waals surface area contributed by atoms with Crippen molar-refractivity contribution in [1.29, 1.82) is 0 Å². The Kier molecular flexibility index (Phi) is 4.61. The Morgan fingerprint density at radius 2 is 2.41 bits per heavy atom. The van der Waals surface area contributed by atoms with E-state index >= 15 is 0 Å². The number of nitrogens with one attached hydrogen (secondary N) is 2. The predicted octanol–water partition coefficient (Wildman–Crippen LogP) is 3.02. The second kappa shape index (κ2) is 6.64. The first kappa shape index (κ1) is 15.3. The molecule has 1 atom stereocenters. The van der Waals surface area contributed by atoms with Crippen LogP contribution in [0.3, 0.4) is 0 Å². The number of amides is 1. The smallest absolute Gasteiger partial charge is 0.230 e. The number of nitrogens with zero attached hydrogens (tertiary/aromatic N) is 1. The van der Waals surface area contributed by atoms with Gasteiger partial charge in [0.15, 0.2) is 5.13 Å². The molecule has 0 saturated carbocycles. The third kappa shape index (κ3) is 3.24. The molecule has 0 spiro atoms. The third-order valence-electron chi connectivity index (χ3n) is 3.61. The molecule has 2 aromatic rings. The monoisotopic (exact) mass is 337 g/mol. The van der Waals surface area contributed by atoms with Gasteiger partial charge >= 0.3 is 0 Å². The minimum atomic E-state index is 0.0265. The number of carbonyl (C=O) groups is 1. The van der Waals surface area contributed by atoms with Crippen LogP contribution in [-0.2, 0) is 4.79 Å². The molecule has 1 aliphatic rings. The molecule has 0 bridgehead atoms. The lowest BCUT2D eigenvalue weighted by atomic mass is 10.1. The van der Waals surface area contributed by atoms with Gasteiger partial charge in [0, 0.05) is 17.5 Å². The summed E-state index contributed by atoms with van der Waals surface area (Å²) in [6.07, 6.45) is 0.873. The maximum absolute atomic E-state index is 12.1. The van der Waals surface area contributed by atoms with Crippen LogP contribution in [0, 0.1) is 5.92 Å². The summed E-state index contributed by atoms with van der Waals surface area (Å²) in [4.78, 5) is 16.5. The van der Waals surface area contributed by atoms with Gasteiger partial charge in [-0.1, -0.05) is 11.6 Å². The summed E-state index contributed by atoms with van der Waals surface area (Å²) >= 11 is 7.54. The van der Waals surface area contributed by atoms with Crippen LogP contribution < -0.4 is 15.4 Å². The highest BCUT2D eigenvalue weighted by Gasteiger charge is 2.23. The Hall–Kier alpha value is -1.63. The molecule has 1 saturated heterocycles. The zero-order chi connectivity index (χ0) is 15.5. The Morgan fingerprint density at radius 3 is 3.09 bits per heavy atom. The van der Waals surface area contributed by atoms with E-state index in [0.29, 0.717) is 15.9 Å². The second-order valence-electron chi connectivity index (χ2n) is 5.07. The van der Waals surface area contributed by atoms with Gasteiger partial charge in [0.25, 0.3) is 0 Å². The molecule has 1 aromatic heterocycles. The number of benzene rings is 1. The molecular formula is C15H16ClN3O2S. The van der Waals surface area contributed by atoms with Crippen LogP contribution in [-0.4, -0.2) is 31.1 Å². The van der Waals surface area contributed by atoms with Crippen molar-refractivity contribution in [2.45, 2.75) is 6.42 Å². The number of hydrogen-bond acceptors (Lipinski definition) is 5. The van der Waals surface area contributed by atoms with E-state index in [2.05, 4.69) is 15.6 Å². The van der Waals surface area contributed by atoms with E-state index in [-0.39, 0.29) is 11.8 Å². The average Bonchev–Trinajstić information content (AvgIpc) is 3.18. The molecule has 0 aliphatic carbocycles. The van der Waals surface area contributed by atoms with Crippen LogP contribution in [0.2, 0.25) is 5.02 Å². The first-order valence-corrected chi connectivity index (χ1v) is 8.24. The van der Waals surface area contributed by atoms with Crippen LogP contribution in [0.4, 0.5) is 5.13 Å². The van der Waals surface area contributed by atoms with Gasteiger partial charge in [0.05, 0.1) is 23.7 Å². The number of rotatable bonds is 4. The van der Waals surface area contributed by atoms with E-state index in [1.807, 2.05) is 17.5 Å². The molecule has 1 amide bonds. The molecule has 2 heterocycles. The SMILES string of the molecule is COc1ccc(-c2csc(NC(=O)[C@@H]3CCNC3)n2)cc1Cl. The van der Waals surface area contributed by atoms with Gasteiger partial charge in [-0.15, -0.1) is 11.3 Å². The minimum absolute atomic E-state index is 0.0265. The highest BCUT2D eigenvalue weighted by atomic mass is 35.5. The summed E-state index contributed by atoms with van der Waals surface area (Å²) in [6.45, 7) is 1.63. The fourth-order valence-electron chi connectivity index (χ4n) is 2.38. The van der Waals surface area contributed by atoms with Crippen molar-refractivity contribution >= 4 is 34.0 Å². The van der Waals surface area contributed by atoms with Gasteiger partial charge in [-0.25, -0.2) is 4.98 Å². The first-order valence-electron chi connectivity index (χ1n) is 6.98. The molecule has 116 valence electrons.